The number of hydrogen-bond acceptors (Lipinski definition) is 4. The van der Waals surface area contributed by atoms with Crippen molar-refractivity contribution in [1.82, 2.24) is 30.3 Å². The van der Waals surface area contributed by atoms with Gasteiger partial charge in [0.2, 0.25) is 0 Å². The topological polar surface area (TPSA) is 90.6 Å². The highest BCUT2D eigenvalue weighted by Crippen LogP contribution is 2.26. The van der Waals surface area contributed by atoms with E-state index in [1.807, 2.05) is 17.0 Å². The van der Waals surface area contributed by atoms with Gasteiger partial charge in [-0.1, -0.05) is 23.7 Å². The molecule has 0 saturated carbocycles. The van der Waals surface area contributed by atoms with Crippen molar-refractivity contribution in [2.45, 2.75) is 18.8 Å². The van der Waals surface area contributed by atoms with E-state index >= 15 is 0 Å². The van der Waals surface area contributed by atoms with Crippen LogP contribution in [0, 0.1) is 0 Å². The second kappa shape index (κ2) is 6.68. The summed E-state index contributed by atoms with van der Waals surface area (Å²) in [4.78, 5) is 18.8. The van der Waals surface area contributed by atoms with Gasteiger partial charge in [-0.3, -0.25) is 15.0 Å². The molecule has 0 aliphatic carbocycles. The van der Waals surface area contributed by atoms with Gasteiger partial charge in [-0.25, -0.2) is 4.98 Å². The molecule has 8 heteroatoms. The lowest BCUT2D eigenvalue weighted by molar-refractivity contribution is 0.0705. The van der Waals surface area contributed by atoms with Gasteiger partial charge in [0.25, 0.3) is 5.91 Å². The summed E-state index contributed by atoms with van der Waals surface area (Å²) in [6, 6.07) is 9.17. The number of likely N-dealkylation sites (tertiary alicyclic amines) is 1. The highest BCUT2D eigenvalue weighted by molar-refractivity contribution is 6.30. The van der Waals surface area contributed by atoms with Crippen molar-refractivity contribution in [2.24, 2.45) is 0 Å². The molecule has 1 aromatic carbocycles. The second-order valence-corrected chi connectivity index (χ2v) is 6.55. The maximum atomic E-state index is 12.7. The van der Waals surface area contributed by atoms with Crippen molar-refractivity contribution >= 4 is 17.5 Å². The Kier molecular flexibility index (Phi) is 4.23. The molecule has 2 aromatic heterocycles. The average molecular weight is 357 g/mol. The predicted molar refractivity (Wildman–Crippen MR) is 93.3 cm³/mol. The molecule has 4 rings (SSSR count). The Morgan fingerprint density at radius 2 is 1.92 bits per heavy atom. The number of amides is 1. The molecule has 1 saturated heterocycles. The minimum absolute atomic E-state index is 0.0243. The number of piperidine rings is 1. The lowest BCUT2D eigenvalue weighted by Crippen LogP contribution is -2.38. The van der Waals surface area contributed by atoms with Crippen molar-refractivity contribution in [3.05, 3.63) is 53.2 Å². The third-order valence-electron chi connectivity index (χ3n) is 4.55. The van der Waals surface area contributed by atoms with E-state index in [0.717, 1.165) is 29.9 Å². The third-order valence-corrected chi connectivity index (χ3v) is 4.80. The molecule has 25 heavy (non-hydrogen) atoms. The number of hydrogen-bond donors (Lipinski definition) is 2. The molecule has 1 amide bonds. The van der Waals surface area contributed by atoms with E-state index in [1.54, 1.807) is 18.2 Å². The van der Waals surface area contributed by atoms with Crippen LogP contribution in [0.5, 0.6) is 0 Å². The van der Waals surface area contributed by atoms with Gasteiger partial charge in [-0.15, -0.1) is 0 Å². The average Bonchev–Trinajstić information content (AvgIpc) is 3.34. The van der Waals surface area contributed by atoms with Gasteiger partial charge in [0, 0.05) is 29.6 Å². The zero-order valence-electron chi connectivity index (χ0n) is 13.4. The Bertz CT molecular complexity index is 850. The molecule has 7 nitrogen and oxygen atoms in total. The van der Waals surface area contributed by atoms with E-state index < -0.39 is 0 Å². The summed E-state index contributed by atoms with van der Waals surface area (Å²) >= 11 is 5.91. The first kappa shape index (κ1) is 15.8. The summed E-state index contributed by atoms with van der Waals surface area (Å²) in [5.74, 6) is 1.21. The number of carbonyl (C=O) groups excluding carboxylic acids is 1. The Morgan fingerprint density at radius 3 is 2.60 bits per heavy atom. The zero-order valence-corrected chi connectivity index (χ0v) is 14.2. The van der Waals surface area contributed by atoms with Crippen molar-refractivity contribution in [3.8, 4) is 11.3 Å². The van der Waals surface area contributed by atoms with E-state index in [1.165, 1.54) is 6.33 Å². The molecule has 0 bridgehead atoms. The van der Waals surface area contributed by atoms with E-state index in [4.69, 9.17) is 11.6 Å². The molecule has 0 atom stereocenters. The number of halogens is 1. The predicted octanol–water partition coefficient (Wildman–Crippen LogP) is 2.87. The molecule has 0 spiro atoms. The normalized spacial score (nSPS) is 15.5. The standard InChI is InChI=1S/C17H17ClN6O/c18-13-3-1-11(2-4-13)14-9-15(22-21-14)17(25)24-7-5-12(6-8-24)16-19-10-20-23-16/h1-4,9-10,12H,5-8H2,(H,21,22)(H,19,20,23). The molecule has 1 aliphatic heterocycles. The Balaban J connectivity index is 1.43. The molecule has 1 aliphatic rings. The van der Waals surface area contributed by atoms with Crippen molar-refractivity contribution < 1.29 is 4.79 Å². The molecule has 128 valence electrons. The van der Waals surface area contributed by atoms with Crippen LogP contribution in [0.25, 0.3) is 11.3 Å². The maximum absolute atomic E-state index is 12.7. The molecule has 0 unspecified atom stereocenters. The number of carbonyl (C=O) groups is 1. The fraction of sp³-hybridized carbons (Fsp3) is 0.294. The highest BCUT2D eigenvalue weighted by atomic mass is 35.5. The first-order valence-electron chi connectivity index (χ1n) is 8.16. The Morgan fingerprint density at radius 1 is 1.16 bits per heavy atom. The minimum Gasteiger partial charge on any atom is -0.337 e. The smallest absolute Gasteiger partial charge is 0.271 e. The van der Waals surface area contributed by atoms with Gasteiger partial charge >= 0.3 is 0 Å². The van der Waals surface area contributed by atoms with Crippen LogP contribution in [0.15, 0.2) is 36.7 Å². The minimum atomic E-state index is -0.0243. The SMILES string of the molecule is O=C(c1cc(-c2ccc(Cl)cc2)n[nH]1)N1CCC(c2ncn[nH]2)CC1. The number of aromatic amines is 2. The van der Waals surface area contributed by atoms with Crippen molar-refractivity contribution in [3.63, 3.8) is 0 Å². The van der Waals surface area contributed by atoms with Crippen LogP contribution in [0.4, 0.5) is 0 Å². The molecule has 3 aromatic rings. The summed E-state index contributed by atoms with van der Waals surface area (Å²) in [6.07, 6.45) is 3.27. The Hall–Kier alpha value is -2.67. The largest absolute Gasteiger partial charge is 0.337 e. The lowest BCUT2D eigenvalue weighted by Gasteiger charge is -2.30. The Labute approximate surface area is 149 Å². The molecule has 1 fully saturated rings. The first-order chi connectivity index (χ1) is 12.2. The van der Waals surface area contributed by atoms with Gasteiger partial charge in [0.15, 0.2) is 0 Å². The van der Waals surface area contributed by atoms with E-state index in [9.17, 15) is 4.79 Å². The van der Waals surface area contributed by atoms with E-state index in [0.29, 0.717) is 29.7 Å². The number of rotatable bonds is 3. The molecule has 3 heterocycles. The monoisotopic (exact) mass is 356 g/mol. The van der Waals surface area contributed by atoms with Crippen LogP contribution in [-0.4, -0.2) is 49.3 Å². The fourth-order valence-corrected chi connectivity index (χ4v) is 3.26. The summed E-state index contributed by atoms with van der Waals surface area (Å²) in [7, 11) is 0. The molecule has 0 radical (unpaired) electrons. The summed E-state index contributed by atoms with van der Waals surface area (Å²) in [5.41, 5.74) is 2.16. The van der Waals surface area contributed by atoms with Gasteiger partial charge in [0.05, 0.1) is 5.69 Å². The van der Waals surface area contributed by atoms with Crippen molar-refractivity contribution in [2.75, 3.05) is 13.1 Å². The van der Waals surface area contributed by atoms with Crippen LogP contribution < -0.4 is 0 Å². The second-order valence-electron chi connectivity index (χ2n) is 6.11. The van der Waals surface area contributed by atoms with E-state index in [2.05, 4.69) is 25.4 Å². The van der Waals surface area contributed by atoms with E-state index in [-0.39, 0.29) is 5.91 Å². The highest BCUT2D eigenvalue weighted by Gasteiger charge is 2.27. The number of nitrogens with one attached hydrogen (secondary N) is 2. The third kappa shape index (κ3) is 3.28. The van der Waals surface area contributed by atoms with Crippen LogP contribution >= 0.6 is 11.6 Å². The summed E-state index contributed by atoms with van der Waals surface area (Å²) in [6.45, 7) is 1.39. The molecule has 2 N–H and O–H groups in total. The number of H-pyrrole nitrogens is 2. The van der Waals surface area contributed by atoms with Gasteiger partial charge < -0.3 is 4.90 Å². The lowest BCUT2D eigenvalue weighted by atomic mass is 9.96. The number of benzene rings is 1. The molecular formula is C17H17ClN6O. The summed E-state index contributed by atoms with van der Waals surface area (Å²) in [5, 5.41) is 14.6. The number of nitrogens with zero attached hydrogens (tertiary/aromatic N) is 4. The van der Waals surface area contributed by atoms with Gasteiger partial charge in [0.1, 0.15) is 17.8 Å². The quantitative estimate of drug-likeness (QED) is 0.755. The molecular weight excluding hydrogens is 340 g/mol. The first-order valence-corrected chi connectivity index (χ1v) is 8.54. The zero-order chi connectivity index (χ0) is 17.2. The van der Waals surface area contributed by atoms with Crippen LogP contribution in [0.1, 0.15) is 35.1 Å². The maximum Gasteiger partial charge on any atom is 0.271 e. The van der Waals surface area contributed by atoms with Crippen LogP contribution in [0.3, 0.4) is 0 Å². The van der Waals surface area contributed by atoms with Crippen LogP contribution in [0.2, 0.25) is 5.02 Å². The fourth-order valence-electron chi connectivity index (χ4n) is 3.14. The summed E-state index contributed by atoms with van der Waals surface area (Å²) < 4.78 is 0. The van der Waals surface area contributed by atoms with Gasteiger partial charge in [-0.05, 0) is 31.0 Å². The van der Waals surface area contributed by atoms with Crippen molar-refractivity contribution in [1.29, 1.82) is 0 Å². The van der Waals surface area contributed by atoms with Crippen LogP contribution in [-0.2, 0) is 0 Å². The van der Waals surface area contributed by atoms with Gasteiger partial charge in [-0.2, -0.15) is 10.2 Å². The number of aromatic nitrogens is 5.